The van der Waals surface area contributed by atoms with Crippen LogP contribution in [0.3, 0.4) is 0 Å². The van der Waals surface area contributed by atoms with Crippen molar-refractivity contribution in [3.63, 3.8) is 0 Å². The van der Waals surface area contributed by atoms with Crippen molar-refractivity contribution in [2.75, 3.05) is 20.2 Å². The zero-order valence-corrected chi connectivity index (χ0v) is 24.3. The van der Waals surface area contributed by atoms with Crippen molar-refractivity contribution in [3.05, 3.63) is 46.2 Å². The van der Waals surface area contributed by atoms with Crippen molar-refractivity contribution >= 4 is 29.3 Å². The molecule has 1 saturated carbocycles. The van der Waals surface area contributed by atoms with Gasteiger partial charge in [0.05, 0.1) is 54.0 Å². The van der Waals surface area contributed by atoms with Crippen molar-refractivity contribution in [1.29, 1.82) is 0 Å². The first kappa shape index (κ1) is 32.0. The van der Waals surface area contributed by atoms with Gasteiger partial charge >= 0.3 is 12.1 Å². The maximum atomic E-state index is 14.4. The summed E-state index contributed by atoms with van der Waals surface area (Å²) in [4.78, 5) is 39.5. The number of carboxylic acids is 1. The van der Waals surface area contributed by atoms with Crippen molar-refractivity contribution in [2.24, 2.45) is 10.8 Å². The number of alkyl halides is 3. The summed E-state index contributed by atoms with van der Waals surface area (Å²) in [5.74, 6) is 3.17. The average Bonchev–Trinajstić information content (AvgIpc) is 3.33. The fourth-order valence-electron chi connectivity index (χ4n) is 4.74. The molecule has 0 saturated heterocycles. The summed E-state index contributed by atoms with van der Waals surface area (Å²) < 4.78 is 49.3. The van der Waals surface area contributed by atoms with Gasteiger partial charge in [-0.05, 0) is 65.5 Å². The minimum atomic E-state index is -4.95. The number of halogens is 4. The first-order valence-electron chi connectivity index (χ1n) is 13.0. The molecule has 222 valence electrons. The van der Waals surface area contributed by atoms with E-state index in [4.69, 9.17) is 16.3 Å². The minimum absolute atomic E-state index is 0.00586. The quantitative estimate of drug-likeness (QED) is 0.290. The standard InChI is InChI=1S/C29H33ClF3N3O5/c1-27(2,3)12-7-15-35(17-21(37)23-20(30)8-6-9-22(23)41-5)25(38)19-16-34-36(24(19)29(31,32)33)18-10-13-28(4,14-11-18)26(39)40/h6,8-9,16,18H,10-11,13-15,17H2,1-5H3,(H,39,40)/t18-,28-. The Kier molecular flexibility index (Phi) is 9.48. The second-order valence-electron chi connectivity index (χ2n) is 11.4. The number of carboxylic acid groups (broad SMARTS) is 1. The van der Waals surface area contributed by atoms with Crippen LogP contribution >= 0.6 is 11.6 Å². The lowest BCUT2D eigenvalue weighted by Gasteiger charge is -2.34. The molecule has 0 bridgehead atoms. The molecule has 1 amide bonds. The maximum absolute atomic E-state index is 14.4. The van der Waals surface area contributed by atoms with Crippen LogP contribution in [0.15, 0.2) is 24.4 Å². The van der Waals surface area contributed by atoms with Crippen LogP contribution < -0.4 is 4.74 Å². The highest BCUT2D eigenvalue weighted by molar-refractivity contribution is 6.34. The predicted octanol–water partition coefficient (Wildman–Crippen LogP) is 6.14. The summed E-state index contributed by atoms with van der Waals surface area (Å²) in [5, 5.41) is 13.5. The van der Waals surface area contributed by atoms with Gasteiger partial charge < -0.3 is 14.7 Å². The summed E-state index contributed by atoms with van der Waals surface area (Å²) in [7, 11) is 1.34. The summed E-state index contributed by atoms with van der Waals surface area (Å²) in [6.07, 6.45) is -3.49. The number of benzene rings is 1. The fourth-order valence-corrected chi connectivity index (χ4v) is 5.02. The van der Waals surface area contributed by atoms with Crippen LogP contribution in [0.1, 0.15) is 85.8 Å². The van der Waals surface area contributed by atoms with E-state index < -0.39 is 58.5 Å². The van der Waals surface area contributed by atoms with E-state index in [0.717, 1.165) is 15.8 Å². The van der Waals surface area contributed by atoms with Crippen LogP contribution in [0.2, 0.25) is 5.02 Å². The molecule has 1 aliphatic rings. The number of amides is 1. The van der Waals surface area contributed by atoms with Gasteiger partial charge in [0.15, 0.2) is 11.5 Å². The smallest absolute Gasteiger partial charge is 0.433 e. The first-order valence-corrected chi connectivity index (χ1v) is 13.4. The van der Waals surface area contributed by atoms with Crippen LogP contribution in [-0.2, 0) is 11.0 Å². The number of ketones is 1. The highest BCUT2D eigenvalue weighted by atomic mass is 35.5. The molecule has 1 fully saturated rings. The number of nitrogens with zero attached hydrogens (tertiary/aromatic N) is 3. The molecule has 3 rings (SSSR count). The molecule has 1 aliphatic carbocycles. The van der Waals surface area contributed by atoms with E-state index in [9.17, 15) is 32.7 Å². The molecule has 1 aromatic heterocycles. The molecular weight excluding hydrogens is 563 g/mol. The molecule has 0 atom stereocenters. The molecule has 8 nitrogen and oxygen atoms in total. The van der Waals surface area contributed by atoms with Crippen molar-refractivity contribution in [3.8, 4) is 17.6 Å². The van der Waals surface area contributed by atoms with Crippen LogP contribution in [-0.4, -0.2) is 57.6 Å². The summed E-state index contributed by atoms with van der Waals surface area (Å²) in [6, 6.07) is 3.80. The molecule has 0 unspecified atom stereocenters. The number of Topliss-reactive ketones (excluding diaryl/α,β-unsaturated/α-hetero) is 1. The maximum Gasteiger partial charge on any atom is 0.433 e. The minimum Gasteiger partial charge on any atom is -0.496 e. The molecule has 2 aromatic rings. The van der Waals surface area contributed by atoms with Gasteiger partial charge in [-0.15, -0.1) is 0 Å². The Labute approximate surface area is 241 Å². The Balaban J connectivity index is 2.01. The van der Waals surface area contributed by atoms with Gasteiger partial charge in [0.1, 0.15) is 5.75 Å². The summed E-state index contributed by atoms with van der Waals surface area (Å²) in [5.41, 5.74) is -3.47. The van der Waals surface area contributed by atoms with Crippen LogP contribution in [0.25, 0.3) is 0 Å². The Morgan fingerprint density at radius 2 is 1.85 bits per heavy atom. The highest BCUT2D eigenvalue weighted by Crippen LogP contribution is 2.43. The topological polar surface area (TPSA) is 102 Å². The van der Waals surface area contributed by atoms with Gasteiger partial charge in [-0.2, -0.15) is 18.3 Å². The van der Waals surface area contributed by atoms with Crippen molar-refractivity contribution in [1.82, 2.24) is 14.7 Å². The number of hydrogen-bond acceptors (Lipinski definition) is 5. The van der Waals surface area contributed by atoms with Gasteiger partial charge in [-0.3, -0.25) is 19.1 Å². The lowest BCUT2D eigenvalue weighted by molar-refractivity contribution is -0.152. The molecule has 0 radical (unpaired) electrons. The third-order valence-electron chi connectivity index (χ3n) is 7.04. The van der Waals surface area contributed by atoms with E-state index in [0.29, 0.717) is 0 Å². The van der Waals surface area contributed by atoms with Gasteiger partial charge in [-0.25, -0.2) is 0 Å². The van der Waals surface area contributed by atoms with Gasteiger partial charge in [0.25, 0.3) is 5.91 Å². The lowest BCUT2D eigenvalue weighted by atomic mass is 9.74. The normalized spacial score (nSPS) is 19.2. The number of aromatic nitrogens is 2. The Bertz CT molecular complexity index is 1380. The number of ether oxygens (including phenoxy) is 1. The predicted molar refractivity (Wildman–Crippen MR) is 146 cm³/mol. The SMILES string of the molecule is COc1cccc(Cl)c1C(=O)CN(CC#CC(C)(C)C)C(=O)c1cnn([C@H]2CC[C@](C)(C(=O)O)CC2)c1C(F)(F)F. The van der Waals surface area contributed by atoms with Crippen LogP contribution in [0, 0.1) is 22.7 Å². The van der Waals surface area contributed by atoms with E-state index in [-0.39, 0.29) is 48.6 Å². The Hall–Kier alpha value is -3.52. The molecule has 0 aliphatic heterocycles. The number of rotatable bonds is 8. The molecule has 0 spiro atoms. The molecule has 1 aromatic carbocycles. The van der Waals surface area contributed by atoms with E-state index in [1.54, 1.807) is 13.0 Å². The van der Waals surface area contributed by atoms with Crippen molar-refractivity contribution < 1.29 is 37.4 Å². The molecule has 41 heavy (non-hydrogen) atoms. The zero-order valence-electron chi connectivity index (χ0n) is 23.6. The van der Waals surface area contributed by atoms with E-state index in [1.807, 2.05) is 20.8 Å². The lowest BCUT2D eigenvalue weighted by Crippen LogP contribution is -2.38. The van der Waals surface area contributed by atoms with Crippen LogP contribution in [0.5, 0.6) is 5.75 Å². The average molecular weight is 596 g/mol. The highest BCUT2D eigenvalue weighted by Gasteiger charge is 2.45. The van der Waals surface area contributed by atoms with E-state index in [2.05, 4.69) is 16.9 Å². The number of carbonyl (C=O) groups excluding carboxylic acids is 2. The third kappa shape index (κ3) is 7.41. The molecule has 12 heteroatoms. The number of aliphatic carboxylic acids is 1. The van der Waals surface area contributed by atoms with Gasteiger partial charge in [-0.1, -0.05) is 29.5 Å². The second kappa shape index (κ2) is 12.1. The summed E-state index contributed by atoms with van der Waals surface area (Å²) >= 11 is 6.23. The van der Waals surface area contributed by atoms with Gasteiger partial charge in [0, 0.05) is 5.41 Å². The van der Waals surface area contributed by atoms with Crippen LogP contribution in [0.4, 0.5) is 13.2 Å². The second-order valence-corrected chi connectivity index (χ2v) is 11.8. The summed E-state index contributed by atoms with van der Waals surface area (Å²) in [6.45, 7) is 6.12. The largest absolute Gasteiger partial charge is 0.496 e. The zero-order chi connectivity index (χ0) is 30.8. The Morgan fingerprint density at radius 3 is 2.39 bits per heavy atom. The molecule has 1 heterocycles. The number of methoxy groups -OCH3 is 1. The molecule has 1 N–H and O–H groups in total. The van der Waals surface area contributed by atoms with E-state index >= 15 is 0 Å². The Morgan fingerprint density at radius 1 is 1.22 bits per heavy atom. The monoisotopic (exact) mass is 595 g/mol. The van der Waals surface area contributed by atoms with Crippen molar-refractivity contribution in [2.45, 2.75) is 65.6 Å². The third-order valence-corrected chi connectivity index (χ3v) is 7.36. The number of carbonyl (C=O) groups is 3. The number of hydrogen-bond donors (Lipinski definition) is 1. The molecular formula is C29H33ClF3N3O5. The first-order chi connectivity index (χ1) is 19.0. The fraction of sp³-hybridized carbons (Fsp3) is 0.517. The van der Waals surface area contributed by atoms with Gasteiger partial charge in [0.2, 0.25) is 0 Å². The van der Waals surface area contributed by atoms with E-state index in [1.165, 1.54) is 19.2 Å².